The first kappa shape index (κ1) is 34.2. The van der Waals surface area contributed by atoms with Gasteiger partial charge in [-0.3, -0.25) is 33.8 Å². The second-order valence-electron chi connectivity index (χ2n) is 8.48. The molecule has 0 aliphatic heterocycles. The molecule has 0 rings (SSSR count). The Balaban J connectivity index is 4.79. The maximum absolute atomic E-state index is 12.5. The highest BCUT2D eigenvalue weighted by Crippen LogP contribution is 1.99. The molecule has 7 N–H and O–H groups in total. The fraction of sp³-hybridized carbons (Fsp3) is 0.783. The fourth-order valence-electron chi connectivity index (χ4n) is 3.22. The molecule has 14 heteroatoms. The molecule has 0 aliphatic carbocycles. The summed E-state index contributed by atoms with van der Waals surface area (Å²) in [6.45, 7) is 4.27. The van der Waals surface area contributed by atoms with E-state index in [1.807, 2.05) is 9.80 Å². The Hall–Kier alpha value is -2.81. The minimum atomic E-state index is -0.822. The van der Waals surface area contributed by atoms with Crippen LogP contribution in [0.5, 0.6) is 0 Å². The number of aliphatic carboxylic acids is 1. The molecule has 0 spiro atoms. The minimum Gasteiger partial charge on any atom is -0.481 e. The van der Waals surface area contributed by atoms with Gasteiger partial charge in [-0.2, -0.15) is 0 Å². The van der Waals surface area contributed by atoms with Crippen molar-refractivity contribution in [1.82, 2.24) is 41.7 Å². The van der Waals surface area contributed by atoms with Gasteiger partial charge in [0.05, 0.1) is 26.2 Å². The molecule has 0 radical (unpaired) electrons. The van der Waals surface area contributed by atoms with Crippen LogP contribution in [0.15, 0.2) is 0 Å². The normalized spacial score (nSPS) is 10.8. The number of nitrogens with one attached hydrogen (secondary N) is 6. The molecule has 4 amide bonds. The van der Waals surface area contributed by atoms with Crippen LogP contribution in [0.25, 0.3) is 0 Å². The molecule has 0 aromatic heterocycles. The summed E-state index contributed by atoms with van der Waals surface area (Å²) in [5.74, 6) is -1.35. The third kappa shape index (κ3) is 21.0. The highest BCUT2D eigenvalue weighted by atomic mass is 16.4. The Morgan fingerprint density at radius 2 is 1.08 bits per heavy atom. The summed E-state index contributed by atoms with van der Waals surface area (Å²) in [7, 11) is 4.70. The van der Waals surface area contributed by atoms with Gasteiger partial charge in [0, 0.05) is 73.4 Å². The van der Waals surface area contributed by atoms with E-state index < -0.39 is 5.97 Å². The fourth-order valence-corrected chi connectivity index (χ4v) is 3.22. The number of nitrogens with zero attached hydrogens (tertiary/aromatic N) is 2. The highest BCUT2D eigenvalue weighted by molar-refractivity contribution is 5.79. The lowest BCUT2D eigenvalue weighted by Gasteiger charge is -2.27. The molecular formula is C23H46N8O6. The van der Waals surface area contributed by atoms with Gasteiger partial charge in [-0.05, 0) is 12.8 Å². The predicted molar refractivity (Wildman–Crippen MR) is 140 cm³/mol. The number of carboxylic acids is 1. The number of amides is 4. The van der Waals surface area contributed by atoms with Crippen LogP contribution in [0.4, 0.5) is 0 Å². The first-order valence-electron chi connectivity index (χ1n) is 12.7. The van der Waals surface area contributed by atoms with Gasteiger partial charge >= 0.3 is 5.97 Å². The van der Waals surface area contributed by atoms with Crippen LogP contribution in [0.2, 0.25) is 0 Å². The first-order chi connectivity index (χ1) is 17.7. The average molecular weight is 531 g/mol. The molecule has 214 valence electrons. The van der Waals surface area contributed by atoms with Gasteiger partial charge < -0.3 is 37.0 Å². The average Bonchev–Trinajstić information content (AvgIpc) is 2.88. The van der Waals surface area contributed by atoms with Crippen molar-refractivity contribution in [3.63, 3.8) is 0 Å². The Labute approximate surface area is 219 Å². The molecule has 14 nitrogen and oxygen atoms in total. The lowest BCUT2D eigenvalue weighted by molar-refractivity contribution is -0.137. The van der Waals surface area contributed by atoms with Gasteiger partial charge in [-0.25, -0.2) is 0 Å². The summed E-state index contributed by atoms with van der Waals surface area (Å²) in [5.41, 5.74) is 0. The number of hydrogen-bond acceptors (Lipinski definition) is 9. The van der Waals surface area contributed by atoms with Crippen molar-refractivity contribution in [2.75, 3.05) is 93.1 Å². The van der Waals surface area contributed by atoms with Crippen LogP contribution in [0.3, 0.4) is 0 Å². The van der Waals surface area contributed by atoms with Crippen LogP contribution >= 0.6 is 0 Å². The molecule has 0 aliphatic rings. The van der Waals surface area contributed by atoms with Crippen LogP contribution in [0.1, 0.15) is 25.7 Å². The quantitative estimate of drug-likeness (QED) is 0.0663. The van der Waals surface area contributed by atoms with Gasteiger partial charge in [-0.15, -0.1) is 0 Å². The van der Waals surface area contributed by atoms with E-state index in [2.05, 4.69) is 31.9 Å². The lowest BCUT2D eigenvalue weighted by Crippen LogP contribution is -2.47. The van der Waals surface area contributed by atoms with Crippen LogP contribution in [-0.4, -0.2) is 138 Å². The number of unbranched alkanes of at least 4 members (excludes halogenated alkanes) is 2. The zero-order valence-corrected chi connectivity index (χ0v) is 22.5. The maximum atomic E-state index is 12.5. The zero-order chi connectivity index (χ0) is 27.9. The Kier molecular flexibility index (Phi) is 20.7. The maximum Gasteiger partial charge on any atom is 0.303 e. The molecular weight excluding hydrogens is 484 g/mol. The summed E-state index contributed by atoms with van der Waals surface area (Å²) in [6, 6.07) is 0. The number of hydrogen-bond donors (Lipinski definition) is 7. The second kappa shape index (κ2) is 22.4. The molecule has 0 saturated heterocycles. The van der Waals surface area contributed by atoms with E-state index in [1.165, 1.54) is 0 Å². The summed E-state index contributed by atoms with van der Waals surface area (Å²) in [5, 5.41) is 25.3. The monoisotopic (exact) mass is 530 g/mol. The largest absolute Gasteiger partial charge is 0.481 e. The number of carboxylic acid groups (broad SMARTS) is 1. The van der Waals surface area contributed by atoms with Crippen LogP contribution in [-0.2, 0) is 24.0 Å². The third-order valence-corrected chi connectivity index (χ3v) is 5.47. The molecule has 0 heterocycles. The van der Waals surface area contributed by atoms with Gasteiger partial charge in [-0.1, -0.05) is 6.42 Å². The lowest BCUT2D eigenvalue weighted by atomic mass is 10.2. The summed E-state index contributed by atoms with van der Waals surface area (Å²) in [6.07, 6.45) is 2.13. The first-order valence-corrected chi connectivity index (χ1v) is 12.7. The van der Waals surface area contributed by atoms with E-state index in [0.717, 1.165) is 6.42 Å². The second-order valence-corrected chi connectivity index (χ2v) is 8.48. The van der Waals surface area contributed by atoms with Crippen LogP contribution in [0, 0.1) is 0 Å². The molecule has 0 fully saturated rings. The number of likely N-dealkylation sites (N-methyl/N-ethyl adjacent to an activating group) is 3. The number of carbonyl (C=O) groups excluding carboxylic acids is 4. The number of carbonyl (C=O) groups is 5. The molecule has 0 aromatic carbocycles. The molecule has 37 heavy (non-hydrogen) atoms. The van der Waals surface area contributed by atoms with Gasteiger partial charge in [0.15, 0.2) is 0 Å². The van der Waals surface area contributed by atoms with E-state index in [9.17, 15) is 24.0 Å². The number of rotatable bonds is 23. The summed E-state index contributed by atoms with van der Waals surface area (Å²) in [4.78, 5) is 61.8. The summed E-state index contributed by atoms with van der Waals surface area (Å²) < 4.78 is 0. The van der Waals surface area contributed by atoms with Crippen molar-refractivity contribution in [2.24, 2.45) is 0 Å². The SMILES string of the molecule is CNC(=O)CNCCN(CCN(CCNCC(=O)NC)CC(=O)NCCCCCC(=O)O)CC(=O)NC. The van der Waals surface area contributed by atoms with E-state index in [1.54, 1.807) is 21.1 Å². The third-order valence-electron chi connectivity index (χ3n) is 5.47. The van der Waals surface area contributed by atoms with Crippen molar-refractivity contribution >= 4 is 29.6 Å². The van der Waals surface area contributed by atoms with Crippen LogP contribution < -0.4 is 31.9 Å². The van der Waals surface area contributed by atoms with E-state index in [0.29, 0.717) is 58.7 Å². The smallest absolute Gasteiger partial charge is 0.303 e. The Bertz CT molecular complexity index is 694. The molecule has 0 atom stereocenters. The summed E-state index contributed by atoms with van der Waals surface area (Å²) >= 11 is 0. The van der Waals surface area contributed by atoms with E-state index in [4.69, 9.17) is 5.11 Å². The molecule has 0 bridgehead atoms. The molecule has 0 aromatic rings. The molecule has 0 unspecified atom stereocenters. The minimum absolute atomic E-state index is 0.124. The van der Waals surface area contributed by atoms with Crippen molar-refractivity contribution in [1.29, 1.82) is 0 Å². The van der Waals surface area contributed by atoms with E-state index >= 15 is 0 Å². The van der Waals surface area contributed by atoms with Gasteiger partial charge in [0.1, 0.15) is 0 Å². The van der Waals surface area contributed by atoms with Gasteiger partial charge in [0.25, 0.3) is 0 Å². The predicted octanol–water partition coefficient (Wildman–Crippen LogP) is -3.23. The topological polar surface area (TPSA) is 184 Å². The van der Waals surface area contributed by atoms with Crippen molar-refractivity contribution in [3.05, 3.63) is 0 Å². The Morgan fingerprint density at radius 1 is 0.595 bits per heavy atom. The van der Waals surface area contributed by atoms with E-state index in [-0.39, 0.29) is 56.2 Å². The van der Waals surface area contributed by atoms with Crippen molar-refractivity contribution in [2.45, 2.75) is 25.7 Å². The molecule has 0 saturated carbocycles. The highest BCUT2D eigenvalue weighted by Gasteiger charge is 2.15. The van der Waals surface area contributed by atoms with Crippen molar-refractivity contribution < 1.29 is 29.1 Å². The van der Waals surface area contributed by atoms with Gasteiger partial charge in [0.2, 0.25) is 23.6 Å². The van der Waals surface area contributed by atoms with Crippen molar-refractivity contribution in [3.8, 4) is 0 Å². The Morgan fingerprint density at radius 3 is 1.54 bits per heavy atom. The standard InChI is InChI=1S/C23H46N8O6/c1-24-19(32)15-27-9-11-30(17-21(34)26-3)13-14-31(12-10-28-16-20(33)25-2)18-22(35)29-8-6-4-5-7-23(36)37/h27-28H,4-18H2,1-3H3,(H,24,32)(H,25,33)(H,26,34)(H,29,35)(H,36,37). The zero-order valence-electron chi connectivity index (χ0n) is 22.5.